The fraction of sp³-hybridized carbons (Fsp3) is 0.467. The highest BCUT2D eigenvalue weighted by Gasteiger charge is 2.24. The van der Waals surface area contributed by atoms with E-state index in [-0.39, 0.29) is 12.5 Å². The molecule has 20 heavy (non-hydrogen) atoms. The van der Waals surface area contributed by atoms with Gasteiger partial charge in [-0.1, -0.05) is 12.1 Å². The van der Waals surface area contributed by atoms with Crippen LogP contribution in [0, 0.1) is 5.92 Å². The van der Waals surface area contributed by atoms with Crippen molar-refractivity contribution in [1.82, 2.24) is 4.90 Å². The van der Waals surface area contributed by atoms with Gasteiger partial charge in [-0.05, 0) is 42.9 Å². The van der Waals surface area contributed by atoms with E-state index in [0.29, 0.717) is 12.3 Å². The van der Waals surface area contributed by atoms with Gasteiger partial charge < -0.3 is 15.3 Å². The second kappa shape index (κ2) is 6.41. The quantitative estimate of drug-likeness (QED) is 0.839. The molecule has 2 amide bonds. The molecule has 5 nitrogen and oxygen atoms in total. The number of hydrogen-bond donors (Lipinski definition) is 2. The summed E-state index contributed by atoms with van der Waals surface area (Å²) in [7, 11) is 1.80. The number of urea groups is 1. The Bertz CT molecular complexity index is 480. The first-order chi connectivity index (χ1) is 9.54. The number of nitrogens with one attached hydrogen (secondary N) is 1. The van der Waals surface area contributed by atoms with Gasteiger partial charge in [0.1, 0.15) is 0 Å². The number of amides is 2. The third-order valence-electron chi connectivity index (χ3n) is 3.41. The van der Waals surface area contributed by atoms with E-state index in [0.717, 1.165) is 17.8 Å². The van der Waals surface area contributed by atoms with Crippen LogP contribution in [-0.4, -0.2) is 35.6 Å². The Hall–Kier alpha value is -2.04. The molecule has 5 heteroatoms. The van der Waals surface area contributed by atoms with Crippen molar-refractivity contribution in [2.45, 2.75) is 25.7 Å². The smallest absolute Gasteiger partial charge is 0.321 e. The summed E-state index contributed by atoms with van der Waals surface area (Å²) < 4.78 is 0. The third-order valence-corrected chi connectivity index (χ3v) is 3.41. The van der Waals surface area contributed by atoms with Crippen LogP contribution in [0.2, 0.25) is 0 Å². The van der Waals surface area contributed by atoms with Gasteiger partial charge in [-0.25, -0.2) is 4.79 Å². The summed E-state index contributed by atoms with van der Waals surface area (Å²) in [4.78, 5) is 24.1. The molecule has 1 fully saturated rings. The SMILES string of the molecule is CN(CC1CC1)C(=O)Nc1ccc(CCC(=O)O)cc1. The highest BCUT2D eigenvalue weighted by atomic mass is 16.4. The lowest BCUT2D eigenvalue weighted by Gasteiger charge is -2.17. The predicted octanol–water partition coefficient (Wildman–Crippen LogP) is 2.58. The van der Waals surface area contributed by atoms with Gasteiger partial charge in [0.25, 0.3) is 0 Å². The predicted molar refractivity (Wildman–Crippen MR) is 76.8 cm³/mol. The Kier molecular flexibility index (Phi) is 4.61. The van der Waals surface area contributed by atoms with Gasteiger partial charge in [0.15, 0.2) is 0 Å². The number of benzene rings is 1. The lowest BCUT2D eigenvalue weighted by Crippen LogP contribution is -2.32. The molecule has 1 aliphatic carbocycles. The van der Waals surface area contributed by atoms with E-state index in [2.05, 4.69) is 5.32 Å². The molecule has 1 aromatic rings. The fourth-order valence-corrected chi connectivity index (χ4v) is 2.00. The standard InChI is InChI=1S/C15H20N2O3/c1-17(10-12-2-3-12)15(20)16-13-7-4-11(5-8-13)6-9-14(18)19/h4-5,7-8,12H,2-3,6,9-10H2,1H3,(H,16,20)(H,18,19). The Morgan fingerprint density at radius 1 is 1.30 bits per heavy atom. The number of carboxylic acids is 1. The summed E-state index contributed by atoms with van der Waals surface area (Å²) in [5.41, 5.74) is 1.69. The van der Waals surface area contributed by atoms with Crippen LogP contribution in [-0.2, 0) is 11.2 Å². The van der Waals surface area contributed by atoms with Crippen LogP contribution in [0.4, 0.5) is 10.5 Å². The third kappa shape index (κ3) is 4.57. The molecule has 0 radical (unpaired) electrons. The summed E-state index contributed by atoms with van der Waals surface area (Å²) in [6.45, 7) is 0.808. The topological polar surface area (TPSA) is 69.6 Å². The molecule has 1 saturated carbocycles. The van der Waals surface area contributed by atoms with Gasteiger partial charge in [-0.2, -0.15) is 0 Å². The Morgan fingerprint density at radius 2 is 1.95 bits per heavy atom. The number of carbonyl (C=O) groups is 2. The molecule has 0 aromatic heterocycles. The first-order valence-electron chi connectivity index (χ1n) is 6.87. The van der Waals surface area contributed by atoms with Crippen molar-refractivity contribution in [1.29, 1.82) is 0 Å². The van der Waals surface area contributed by atoms with Crippen LogP contribution in [0.25, 0.3) is 0 Å². The number of rotatable bonds is 6. The van der Waals surface area contributed by atoms with E-state index in [4.69, 9.17) is 5.11 Å². The molecule has 1 aromatic carbocycles. The van der Waals surface area contributed by atoms with Crippen molar-refractivity contribution in [2.24, 2.45) is 5.92 Å². The van der Waals surface area contributed by atoms with Crippen molar-refractivity contribution >= 4 is 17.7 Å². The van der Waals surface area contributed by atoms with E-state index in [1.807, 2.05) is 12.1 Å². The summed E-state index contributed by atoms with van der Waals surface area (Å²) >= 11 is 0. The molecule has 0 atom stereocenters. The number of carbonyl (C=O) groups excluding carboxylic acids is 1. The van der Waals surface area contributed by atoms with Crippen LogP contribution in [0.5, 0.6) is 0 Å². The number of aryl methyl sites for hydroxylation is 1. The minimum absolute atomic E-state index is 0.102. The van der Waals surface area contributed by atoms with Crippen LogP contribution < -0.4 is 5.32 Å². The summed E-state index contributed by atoms with van der Waals surface area (Å²) in [5, 5.41) is 11.5. The maximum Gasteiger partial charge on any atom is 0.321 e. The van der Waals surface area contributed by atoms with E-state index in [1.165, 1.54) is 12.8 Å². The van der Waals surface area contributed by atoms with Gasteiger partial charge in [0, 0.05) is 25.7 Å². The lowest BCUT2D eigenvalue weighted by atomic mass is 10.1. The maximum atomic E-state index is 11.9. The molecule has 108 valence electrons. The first-order valence-corrected chi connectivity index (χ1v) is 6.87. The largest absolute Gasteiger partial charge is 0.481 e. The lowest BCUT2D eigenvalue weighted by molar-refractivity contribution is -0.136. The van der Waals surface area contributed by atoms with Gasteiger partial charge in [-0.15, -0.1) is 0 Å². The van der Waals surface area contributed by atoms with E-state index < -0.39 is 5.97 Å². The molecule has 0 saturated heterocycles. The van der Waals surface area contributed by atoms with Crippen LogP contribution in [0.15, 0.2) is 24.3 Å². The average Bonchev–Trinajstić information content (AvgIpc) is 3.21. The molecule has 2 rings (SSSR count). The average molecular weight is 276 g/mol. The van der Waals surface area contributed by atoms with Gasteiger partial charge >= 0.3 is 12.0 Å². The summed E-state index contributed by atoms with van der Waals surface area (Å²) in [6, 6.07) is 7.20. The molecule has 0 unspecified atom stereocenters. The number of hydrogen-bond acceptors (Lipinski definition) is 2. The Morgan fingerprint density at radius 3 is 2.50 bits per heavy atom. The Labute approximate surface area is 118 Å². The van der Waals surface area contributed by atoms with Crippen molar-refractivity contribution in [3.63, 3.8) is 0 Å². The van der Waals surface area contributed by atoms with Crippen molar-refractivity contribution in [3.05, 3.63) is 29.8 Å². The minimum Gasteiger partial charge on any atom is -0.481 e. The van der Waals surface area contributed by atoms with Crippen LogP contribution >= 0.6 is 0 Å². The fourth-order valence-electron chi connectivity index (χ4n) is 2.00. The molecular weight excluding hydrogens is 256 g/mol. The van der Waals surface area contributed by atoms with Gasteiger partial charge in [0.05, 0.1) is 0 Å². The van der Waals surface area contributed by atoms with Crippen molar-refractivity contribution in [3.8, 4) is 0 Å². The molecular formula is C15H20N2O3. The van der Waals surface area contributed by atoms with Gasteiger partial charge in [0.2, 0.25) is 0 Å². The molecule has 0 heterocycles. The molecule has 0 aliphatic heterocycles. The highest BCUT2D eigenvalue weighted by molar-refractivity contribution is 5.89. The summed E-state index contributed by atoms with van der Waals surface area (Å²) in [6.07, 6.45) is 3.06. The summed E-state index contributed by atoms with van der Waals surface area (Å²) in [5.74, 6) is -0.131. The number of aliphatic carboxylic acids is 1. The number of nitrogens with zero attached hydrogens (tertiary/aromatic N) is 1. The highest BCUT2D eigenvalue weighted by Crippen LogP contribution is 2.29. The number of anilines is 1. The maximum absolute atomic E-state index is 11.9. The second-order valence-electron chi connectivity index (χ2n) is 5.34. The molecule has 0 bridgehead atoms. The first kappa shape index (κ1) is 14.4. The minimum atomic E-state index is -0.802. The second-order valence-corrected chi connectivity index (χ2v) is 5.34. The van der Waals surface area contributed by atoms with E-state index in [1.54, 1.807) is 24.1 Å². The number of carboxylic acid groups (broad SMARTS) is 1. The molecule has 0 spiro atoms. The normalized spacial score (nSPS) is 13.8. The van der Waals surface area contributed by atoms with E-state index >= 15 is 0 Å². The van der Waals surface area contributed by atoms with E-state index in [9.17, 15) is 9.59 Å². The zero-order valence-electron chi connectivity index (χ0n) is 11.6. The zero-order chi connectivity index (χ0) is 14.5. The van der Waals surface area contributed by atoms with Crippen molar-refractivity contribution < 1.29 is 14.7 Å². The van der Waals surface area contributed by atoms with Crippen molar-refractivity contribution in [2.75, 3.05) is 18.9 Å². The zero-order valence-corrected chi connectivity index (χ0v) is 11.6. The van der Waals surface area contributed by atoms with Crippen LogP contribution in [0.1, 0.15) is 24.8 Å². The molecule has 2 N–H and O–H groups in total. The van der Waals surface area contributed by atoms with Crippen LogP contribution in [0.3, 0.4) is 0 Å². The molecule has 1 aliphatic rings. The Balaban J connectivity index is 1.82. The monoisotopic (exact) mass is 276 g/mol. The van der Waals surface area contributed by atoms with Gasteiger partial charge in [-0.3, -0.25) is 4.79 Å².